The maximum absolute atomic E-state index is 10.7. The Kier molecular flexibility index (Phi) is 5.58. The zero-order valence-electron chi connectivity index (χ0n) is 11.6. The molecule has 0 radical (unpaired) electrons. The van der Waals surface area contributed by atoms with Gasteiger partial charge in [0, 0.05) is 37.6 Å². The van der Waals surface area contributed by atoms with Gasteiger partial charge in [0.15, 0.2) is 0 Å². The molecule has 2 rings (SSSR count). The largest absolute Gasteiger partial charge is 0.481 e. The van der Waals surface area contributed by atoms with Crippen molar-refractivity contribution in [1.82, 2.24) is 4.98 Å². The molecule has 0 aliphatic heterocycles. The summed E-state index contributed by atoms with van der Waals surface area (Å²) >= 11 is 6.16. The summed E-state index contributed by atoms with van der Waals surface area (Å²) in [7, 11) is 0. The predicted molar refractivity (Wildman–Crippen MR) is 83.6 cm³/mol. The number of rotatable bonds is 7. The molecule has 1 N–H and O–H groups in total. The second kappa shape index (κ2) is 7.64. The molecule has 0 bridgehead atoms. The van der Waals surface area contributed by atoms with Crippen LogP contribution in [0.5, 0.6) is 0 Å². The summed E-state index contributed by atoms with van der Waals surface area (Å²) in [5, 5.41) is 9.40. The van der Waals surface area contributed by atoms with Crippen molar-refractivity contribution in [2.45, 2.75) is 19.4 Å². The van der Waals surface area contributed by atoms with Crippen LogP contribution in [0.3, 0.4) is 0 Å². The minimum atomic E-state index is -0.773. The van der Waals surface area contributed by atoms with Crippen molar-refractivity contribution in [2.75, 3.05) is 11.4 Å². The standard InChI is InChI=1S/C16H17ClN2O2/c17-15-11-18-9-8-13(15)12-19(10-4-7-16(20)21)14-5-2-1-3-6-14/h1-3,5-6,8-9,11H,4,7,10,12H2,(H,20,21). The van der Waals surface area contributed by atoms with Crippen LogP contribution in [0.1, 0.15) is 18.4 Å². The van der Waals surface area contributed by atoms with Gasteiger partial charge in [-0.25, -0.2) is 0 Å². The number of carbonyl (C=O) groups is 1. The molecule has 1 aromatic carbocycles. The Morgan fingerprint density at radius 3 is 2.67 bits per heavy atom. The molecule has 0 spiro atoms. The third-order valence-electron chi connectivity index (χ3n) is 3.16. The molecule has 5 heteroatoms. The minimum Gasteiger partial charge on any atom is -0.481 e. The first-order valence-electron chi connectivity index (χ1n) is 6.77. The number of anilines is 1. The topological polar surface area (TPSA) is 53.4 Å². The summed E-state index contributed by atoms with van der Waals surface area (Å²) in [6.45, 7) is 1.29. The number of pyridine rings is 1. The van der Waals surface area contributed by atoms with Crippen molar-refractivity contribution >= 4 is 23.3 Å². The Balaban J connectivity index is 2.12. The van der Waals surface area contributed by atoms with E-state index >= 15 is 0 Å². The average Bonchev–Trinajstić information content (AvgIpc) is 2.49. The normalized spacial score (nSPS) is 10.3. The number of aromatic nitrogens is 1. The monoisotopic (exact) mass is 304 g/mol. The molecule has 1 aromatic heterocycles. The molecule has 0 aliphatic rings. The van der Waals surface area contributed by atoms with Crippen LogP contribution in [-0.4, -0.2) is 22.6 Å². The number of hydrogen-bond donors (Lipinski definition) is 1. The molecule has 1 heterocycles. The van der Waals surface area contributed by atoms with Crippen LogP contribution in [0.15, 0.2) is 48.8 Å². The van der Waals surface area contributed by atoms with Crippen LogP contribution in [0.4, 0.5) is 5.69 Å². The highest BCUT2D eigenvalue weighted by atomic mass is 35.5. The fourth-order valence-electron chi connectivity index (χ4n) is 2.10. The van der Waals surface area contributed by atoms with Crippen molar-refractivity contribution < 1.29 is 9.90 Å². The minimum absolute atomic E-state index is 0.160. The highest BCUT2D eigenvalue weighted by molar-refractivity contribution is 6.31. The molecule has 0 fully saturated rings. The Labute approximate surface area is 129 Å². The van der Waals surface area contributed by atoms with Gasteiger partial charge in [-0.05, 0) is 30.2 Å². The fraction of sp³-hybridized carbons (Fsp3) is 0.250. The quantitative estimate of drug-likeness (QED) is 0.849. The van der Waals surface area contributed by atoms with Gasteiger partial charge in [-0.3, -0.25) is 9.78 Å². The van der Waals surface area contributed by atoms with E-state index in [0.717, 1.165) is 11.3 Å². The van der Waals surface area contributed by atoms with E-state index in [1.165, 1.54) is 0 Å². The molecule has 0 saturated heterocycles. The molecule has 0 saturated carbocycles. The second-order valence-electron chi connectivity index (χ2n) is 4.72. The van der Waals surface area contributed by atoms with E-state index < -0.39 is 5.97 Å². The van der Waals surface area contributed by atoms with Crippen LogP contribution < -0.4 is 4.90 Å². The molecule has 21 heavy (non-hydrogen) atoms. The maximum atomic E-state index is 10.7. The number of carboxylic acids is 1. The molecule has 0 amide bonds. The Bertz CT molecular complexity index is 590. The van der Waals surface area contributed by atoms with Crippen molar-refractivity contribution in [3.63, 3.8) is 0 Å². The fourth-order valence-corrected chi connectivity index (χ4v) is 2.28. The van der Waals surface area contributed by atoms with Crippen molar-refractivity contribution in [2.24, 2.45) is 0 Å². The summed E-state index contributed by atoms with van der Waals surface area (Å²) in [5.74, 6) is -0.773. The SMILES string of the molecule is O=C(O)CCCN(Cc1ccncc1Cl)c1ccccc1. The van der Waals surface area contributed by atoms with Crippen LogP contribution in [0, 0.1) is 0 Å². The highest BCUT2D eigenvalue weighted by Crippen LogP contribution is 2.21. The van der Waals surface area contributed by atoms with Gasteiger partial charge in [-0.2, -0.15) is 0 Å². The van der Waals surface area contributed by atoms with Gasteiger partial charge < -0.3 is 10.0 Å². The molecule has 0 unspecified atom stereocenters. The third kappa shape index (κ3) is 4.76. The number of benzene rings is 1. The number of aliphatic carboxylic acids is 1. The molecular formula is C16H17ClN2O2. The lowest BCUT2D eigenvalue weighted by Gasteiger charge is -2.25. The van der Waals surface area contributed by atoms with Gasteiger partial charge in [0.25, 0.3) is 0 Å². The summed E-state index contributed by atoms with van der Waals surface area (Å²) in [4.78, 5) is 16.8. The molecule has 0 atom stereocenters. The molecule has 2 aromatic rings. The molecule has 110 valence electrons. The van der Waals surface area contributed by atoms with E-state index in [0.29, 0.717) is 24.5 Å². The Hall–Kier alpha value is -2.07. The lowest BCUT2D eigenvalue weighted by molar-refractivity contribution is -0.137. The van der Waals surface area contributed by atoms with Gasteiger partial charge in [-0.1, -0.05) is 29.8 Å². The Morgan fingerprint density at radius 2 is 2.00 bits per heavy atom. The third-order valence-corrected chi connectivity index (χ3v) is 3.50. The average molecular weight is 305 g/mol. The first-order valence-corrected chi connectivity index (χ1v) is 7.15. The Morgan fingerprint density at radius 1 is 1.24 bits per heavy atom. The number of nitrogens with zero attached hydrogens (tertiary/aromatic N) is 2. The van der Waals surface area contributed by atoms with Crippen LogP contribution in [-0.2, 0) is 11.3 Å². The van der Waals surface area contributed by atoms with Crippen LogP contribution in [0.25, 0.3) is 0 Å². The summed E-state index contributed by atoms with van der Waals surface area (Å²) < 4.78 is 0. The van der Waals surface area contributed by atoms with Gasteiger partial charge in [-0.15, -0.1) is 0 Å². The van der Waals surface area contributed by atoms with Gasteiger partial charge in [0.1, 0.15) is 0 Å². The lowest BCUT2D eigenvalue weighted by atomic mass is 10.2. The van der Waals surface area contributed by atoms with E-state index in [4.69, 9.17) is 16.7 Å². The zero-order chi connectivity index (χ0) is 15.1. The van der Waals surface area contributed by atoms with Crippen molar-refractivity contribution in [1.29, 1.82) is 0 Å². The van der Waals surface area contributed by atoms with Gasteiger partial charge >= 0.3 is 5.97 Å². The predicted octanol–water partition coefficient (Wildman–Crippen LogP) is 3.61. The van der Waals surface area contributed by atoms with E-state index in [-0.39, 0.29) is 6.42 Å². The van der Waals surface area contributed by atoms with Crippen molar-refractivity contribution in [3.05, 3.63) is 59.4 Å². The van der Waals surface area contributed by atoms with E-state index in [2.05, 4.69) is 9.88 Å². The molecule has 4 nitrogen and oxygen atoms in total. The van der Waals surface area contributed by atoms with Gasteiger partial charge in [0.05, 0.1) is 5.02 Å². The number of halogens is 1. The van der Waals surface area contributed by atoms with Crippen LogP contribution >= 0.6 is 11.6 Å². The van der Waals surface area contributed by atoms with E-state index in [1.807, 2.05) is 36.4 Å². The zero-order valence-corrected chi connectivity index (χ0v) is 12.3. The smallest absolute Gasteiger partial charge is 0.303 e. The highest BCUT2D eigenvalue weighted by Gasteiger charge is 2.10. The number of para-hydroxylation sites is 1. The first kappa shape index (κ1) is 15.3. The lowest BCUT2D eigenvalue weighted by Crippen LogP contribution is -2.24. The molecular weight excluding hydrogens is 288 g/mol. The van der Waals surface area contributed by atoms with Crippen LogP contribution in [0.2, 0.25) is 5.02 Å². The first-order chi connectivity index (χ1) is 10.2. The molecule has 0 aliphatic carbocycles. The summed E-state index contributed by atoms with van der Waals surface area (Å²) in [6.07, 6.45) is 4.08. The van der Waals surface area contributed by atoms with Crippen molar-refractivity contribution in [3.8, 4) is 0 Å². The summed E-state index contributed by atoms with van der Waals surface area (Å²) in [5.41, 5.74) is 2.03. The number of hydrogen-bond acceptors (Lipinski definition) is 3. The second-order valence-corrected chi connectivity index (χ2v) is 5.13. The van der Waals surface area contributed by atoms with E-state index in [1.54, 1.807) is 12.4 Å². The van der Waals surface area contributed by atoms with Gasteiger partial charge in [0.2, 0.25) is 0 Å². The number of carboxylic acid groups (broad SMARTS) is 1. The van der Waals surface area contributed by atoms with E-state index in [9.17, 15) is 4.79 Å². The summed E-state index contributed by atoms with van der Waals surface area (Å²) in [6, 6.07) is 11.8. The maximum Gasteiger partial charge on any atom is 0.303 e.